The molecule has 2 aromatic heterocycles. The van der Waals surface area contributed by atoms with Gasteiger partial charge >= 0.3 is 5.97 Å². The van der Waals surface area contributed by atoms with Crippen molar-refractivity contribution in [1.82, 2.24) is 14.7 Å². The van der Waals surface area contributed by atoms with Gasteiger partial charge in [0.1, 0.15) is 10.7 Å². The fourth-order valence-electron chi connectivity index (χ4n) is 3.72. The van der Waals surface area contributed by atoms with E-state index < -0.39 is 0 Å². The number of rotatable bonds is 7. The third-order valence-electron chi connectivity index (χ3n) is 4.96. The second-order valence-corrected chi connectivity index (χ2v) is 8.72. The molecule has 0 spiro atoms. The van der Waals surface area contributed by atoms with Gasteiger partial charge in [-0.15, -0.1) is 11.3 Å². The lowest BCUT2D eigenvalue weighted by atomic mass is 10.0. The van der Waals surface area contributed by atoms with Crippen molar-refractivity contribution in [2.45, 2.75) is 60.0 Å². The Bertz CT molecular complexity index is 900. The number of nitrogens with one attached hydrogen (secondary N) is 1. The van der Waals surface area contributed by atoms with E-state index in [-0.39, 0.29) is 17.9 Å². The van der Waals surface area contributed by atoms with Crippen molar-refractivity contribution < 1.29 is 14.3 Å². The summed E-state index contributed by atoms with van der Waals surface area (Å²) in [6.45, 7) is 12.8. The van der Waals surface area contributed by atoms with Gasteiger partial charge in [0.2, 0.25) is 0 Å². The molecule has 29 heavy (non-hydrogen) atoms. The molecule has 0 aromatic carbocycles. The van der Waals surface area contributed by atoms with Crippen LogP contribution in [0.15, 0.2) is 6.07 Å². The molecule has 0 atom stereocenters. The van der Waals surface area contributed by atoms with Gasteiger partial charge in [-0.25, -0.2) is 4.79 Å². The Balaban J connectivity index is 1.94. The first-order chi connectivity index (χ1) is 13.8. The molecule has 0 aliphatic carbocycles. The fraction of sp³-hybridized carbons (Fsp3) is 0.571. The molecular weight excluding hydrogens is 388 g/mol. The zero-order valence-corrected chi connectivity index (χ0v) is 18.7. The third kappa shape index (κ3) is 4.53. The predicted molar refractivity (Wildman–Crippen MR) is 115 cm³/mol. The van der Waals surface area contributed by atoms with Crippen LogP contribution in [0.4, 0.5) is 5.00 Å². The number of aryl methyl sites for hydroxylation is 1. The second kappa shape index (κ2) is 9.09. The van der Waals surface area contributed by atoms with Crippen molar-refractivity contribution in [2.24, 2.45) is 0 Å². The lowest BCUT2D eigenvalue weighted by Crippen LogP contribution is -2.30. The van der Waals surface area contributed by atoms with Crippen molar-refractivity contribution in [1.29, 1.82) is 0 Å². The van der Waals surface area contributed by atoms with Crippen molar-refractivity contribution in [2.75, 3.05) is 25.0 Å². The highest BCUT2D eigenvalue weighted by atomic mass is 32.1. The normalized spacial score (nSPS) is 14.1. The number of fused-ring (bicyclic) bond motifs is 1. The first-order valence-electron chi connectivity index (χ1n) is 10.3. The van der Waals surface area contributed by atoms with E-state index in [0.29, 0.717) is 22.9 Å². The van der Waals surface area contributed by atoms with Gasteiger partial charge in [-0.05, 0) is 58.7 Å². The van der Waals surface area contributed by atoms with Gasteiger partial charge < -0.3 is 10.1 Å². The van der Waals surface area contributed by atoms with Crippen LogP contribution in [-0.2, 0) is 17.7 Å². The first kappa shape index (κ1) is 21.5. The van der Waals surface area contributed by atoms with E-state index >= 15 is 0 Å². The van der Waals surface area contributed by atoms with Gasteiger partial charge in [0.25, 0.3) is 5.91 Å². The maximum Gasteiger partial charge on any atom is 0.341 e. The van der Waals surface area contributed by atoms with E-state index in [1.807, 2.05) is 20.8 Å². The summed E-state index contributed by atoms with van der Waals surface area (Å²) < 4.78 is 7.02. The molecule has 2 aromatic rings. The van der Waals surface area contributed by atoms with E-state index in [9.17, 15) is 9.59 Å². The highest BCUT2D eigenvalue weighted by Gasteiger charge is 2.30. The first-order valence-corrected chi connectivity index (χ1v) is 11.1. The molecule has 7 nitrogen and oxygen atoms in total. The molecule has 1 aliphatic rings. The monoisotopic (exact) mass is 418 g/mol. The van der Waals surface area contributed by atoms with Gasteiger partial charge in [0.15, 0.2) is 0 Å². The van der Waals surface area contributed by atoms with Crippen LogP contribution in [0.5, 0.6) is 0 Å². The molecule has 1 N–H and O–H groups in total. The number of esters is 1. The highest BCUT2D eigenvalue weighted by Crippen LogP contribution is 2.38. The number of hydrogen-bond donors (Lipinski definition) is 1. The summed E-state index contributed by atoms with van der Waals surface area (Å²) >= 11 is 1.49. The van der Waals surface area contributed by atoms with Crippen LogP contribution < -0.4 is 5.32 Å². The maximum absolute atomic E-state index is 13.0. The lowest BCUT2D eigenvalue weighted by molar-refractivity contribution is 0.0526. The van der Waals surface area contributed by atoms with Crippen molar-refractivity contribution in [3.05, 3.63) is 33.5 Å². The number of carbonyl (C=O) groups excluding carboxylic acids is 2. The minimum atomic E-state index is -0.363. The molecule has 0 unspecified atom stereocenters. The zero-order chi connectivity index (χ0) is 21.1. The Kier molecular flexibility index (Phi) is 6.74. The van der Waals surface area contributed by atoms with Gasteiger partial charge in [0.05, 0.1) is 17.9 Å². The molecule has 1 amide bonds. The highest BCUT2D eigenvalue weighted by molar-refractivity contribution is 7.17. The molecule has 0 saturated carbocycles. The number of anilines is 1. The zero-order valence-electron chi connectivity index (χ0n) is 17.9. The summed E-state index contributed by atoms with van der Waals surface area (Å²) in [6, 6.07) is 1.84. The fourth-order valence-corrected chi connectivity index (χ4v) is 4.99. The van der Waals surface area contributed by atoms with E-state index in [1.165, 1.54) is 11.3 Å². The van der Waals surface area contributed by atoms with Crippen LogP contribution in [0.1, 0.15) is 77.1 Å². The van der Waals surface area contributed by atoms with Gasteiger partial charge in [-0.3, -0.25) is 14.4 Å². The Labute approximate surface area is 176 Å². The largest absolute Gasteiger partial charge is 0.462 e. The topological polar surface area (TPSA) is 76.5 Å². The minimum Gasteiger partial charge on any atom is -0.462 e. The van der Waals surface area contributed by atoms with Gasteiger partial charge in [0, 0.05) is 24.0 Å². The summed E-state index contributed by atoms with van der Waals surface area (Å²) in [6.07, 6.45) is 1.88. The quantitative estimate of drug-likeness (QED) is 0.687. The van der Waals surface area contributed by atoms with Gasteiger partial charge in [-0.1, -0.05) is 6.92 Å². The van der Waals surface area contributed by atoms with E-state index in [1.54, 1.807) is 17.7 Å². The molecule has 0 radical (unpaired) electrons. The smallest absolute Gasteiger partial charge is 0.341 e. The molecule has 0 fully saturated rings. The molecule has 3 rings (SSSR count). The number of ether oxygens (including phenoxy) is 1. The van der Waals surface area contributed by atoms with Crippen molar-refractivity contribution >= 4 is 28.2 Å². The average Bonchev–Trinajstić information content (AvgIpc) is 3.22. The molecule has 158 valence electrons. The molecule has 1 aliphatic heterocycles. The number of amides is 1. The molecule has 8 heteroatoms. The van der Waals surface area contributed by atoms with E-state index in [0.717, 1.165) is 48.6 Å². The summed E-state index contributed by atoms with van der Waals surface area (Å²) in [7, 11) is 0. The van der Waals surface area contributed by atoms with Crippen LogP contribution in [-0.4, -0.2) is 46.3 Å². The predicted octanol–water partition coefficient (Wildman–Crippen LogP) is 4.03. The van der Waals surface area contributed by atoms with Crippen LogP contribution >= 0.6 is 11.3 Å². The van der Waals surface area contributed by atoms with E-state index in [4.69, 9.17) is 4.74 Å². The SMILES string of the molecule is CCCN1CCc2c(sc(NC(=O)c3cc(C)nn3C(C)C)c2C(=O)OCC)C1. The second-order valence-electron chi connectivity index (χ2n) is 7.62. The lowest BCUT2D eigenvalue weighted by Gasteiger charge is -2.26. The Morgan fingerprint density at radius 2 is 2.10 bits per heavy atom. The van der Waals surface area contributed by atoms with Crippen LogP contribution in [0.25, 0.3) is 0 Å². The molecular formula is C21H30N4O3S. The Morgan fingerprint density at radius 1 is 1.34 bits per heavy atom. The van der Waals surface area contributed by atoms with Crippen LogP contribution in [0.3, 0.4) is 0 Å². The maximum atomic E-state index is 13.0. The number of nitrogens with zero attached hydrogens (tertiary/aromatic N) is 3. The van der Waals surface area contributed by atoms with Crippen LogP contribution in [0, 0.1) is 6.92 Å². The van der Waals surface area contributed by atoms with Crippen molar-refractivity contribution in [3.63, 3.8) is 0 Å². The number of hydrogen-bond acceptors (Lipinski definition) is 6. The molecule has 0 bridgehead atoms. The Morgan fingerprint density at radius 3 is 2.76 bits per heavy atom. The number of thiophene rings is 1. The van der Waals surface area contributed by atoms with Crippen molar-refractivity contribution in [3.8, 4) is 0 Å². The summed E-state index contributed by atoms with van der Waals surface area (Å²) in [4.78, 5) is 29.3. The Hall–Kier alpha value is -2.19. The standard InChI is InChI=1S/C21H30N4O3S/c1-6-9-24-10-8-15-17(12-24)29-20(18(15)21(27)28-7-2)22-19(26)16-11-14(5)23-25(16)13(3)4/h11,13H,6-10,12H2,1-5H3,(H,22,26). The average molecular weight is 419 g/mol. The number of carbonyl (C=O) groups is 2. The van der Waals surface area contributed by atoms with Gasteiger partial charge in [-0.2, -0.15) is 5.10 Å². The third-order valence-corrected chi connectivity index (χ3v) is 6.09. The molecule has 3 heterocycles. The number of aromatic nitrogens is 2. The van der Waals surface area contributed by atoms with Crippen LogP contribution in [0.2, 0.25) is 0 Å². The summed E-state index contributed by atoms with van der Waals surface area (Å²) in [5.74, 6) is -0.619. The summed E-state index contributed by atoms with van der Waals surface area (Å²) in [5.41, 5.74) is 2.81. The minimum absolute atomic E-state index is 0.0631. The molecule has 0 saturated heterocycles. The summed E-state index contributed by atoms with van der Waals surface area (Å²) in [5, 5.41) is 7.97. The van der Waals surface area contributed by atoms with E-state index in [2.05, 4.69) is 22.2 Å².